The molecule has 0 heterocycles. The van der Waals surface area contributed by atoms with Crippen molar-refractivity contribution >= 4 is 24.5 Å². The maximum absolute atomic E-state index is 6.13. The molecule has 1 atom stereocenters. The van der Waals surface area contributed by atoms with Crippen molar-refractivity contribution in [2.75, 3.05) is 6.54 Å². The fourth-order valence-electron chi connectivity index (χ4n) is 0.919. The topological polar surface area (TPSA) is 12.0 Å². The Hall–Kier alpha value is -0.313. The summed E-state index contributed by atoms with van der Waals surface area (Å²) in [6, 6.07) is 10.2. The van der Waals surface area contributed by atoms with Crippen molar-refractivity contribution in [1.29, 1.82) is 0 Å². The largest absolute Gasteiger partial charge is 0.325 e. The molecule has 1 rings (SSSR count). The Morgan fingerprint density at radius 1 is 1.36 bits per heavy atom. The summed E-state index contributed by atoms with van der Waals surface area (Å²) in [5.41, 5.74) is 0. The molecule has 0 radical (unpaired) electrons. The first-order chi connectivity index (χ1) is 5.34. The third-order valence-corrected chi connectivity index (χ3v) is 4.43. The van der Waals surface area contributed by atoms with Gasteiger partial charge in [-0.3, -0.25) is 0 Å². The lowest BCUT2D eigenvalue weighted by Crippen LogP contribution is -2.39. The summed E-state index contributed by atoms with van der Waals surface area (Å²) in [5.74, 6) is 0. The summed E-state index contributed by atoms with van der Waals surface area (Å²) < 4.78 is 0. The minimum Gasteiger partial charge on any atom is -0.325 e. The molecule has 0 saturated carbocycles. The van der Waals surface area contributed by atoms with Crippen molar-refractivity contribution in [2.45, 2.75) is 6.92 Å². The van der Waals surface area contributed by atoms with Gasteiger partial charge >= 0.3 is 0 Å². The van der Waals surface area contributed by atoms with Crippen LogP contribution in [0.5, 0.6) is 0 Å². The van der Waals surface area contributed by atoms with E-state index in [0.29, 0.717) is 0 Å². The maximum atomic E-state index is 6.13. The van der Waals surface area contributed by atoms with Crippen LogP contribution in [0.4, 0.5) is 0 Å². The molecule has 0 aromatic heterocycles. The zero-order valence-electron chi connectivity index (χ0n) is 6.55. The molecule has 1 unspecified atom stereocenters. The molecule has 3 heteroatoms. The highest BCUT2D eigenvalue weighted by Gasteiger charge is 2.06. The van der Waals surface area contributed by atoms with Gasteiger partial charge in [0.05, 0.1) is 0 Å². The van der Waals surface area contributed by atoms with Crippen LogP contribution >= 0.6 is 11.1 Å². The summed E-state index contributed by atoms with van der Waals surface area (Å²) >= 11 is 6.13. The Morgan fingerprint density at radius 3 is 2.55 bits per heavy atom. The van der Waals surface area contributed by atoms with Crippen LogP contribution in [0.15, 0.2) is 30.3 Å². The molecule has 0 amide bonds. The fraction of sp³-hybridized carbons (Fsp3) is 0.250. The highest BCUT2D eigenvalue weighted by atomic mass is 35.6. The highest BCUT2D eigenvalue weighted by Crippen LogP contribution is 1.89. The van der Waals surface area contributed by atoms with Gasteiger partial charge in [-0.2, -0.15) is 0 Å². The molecule has 0 aliphatic rings. The van der Waals surface area contributed by atoms with E-state index in [9.17, 15) is 0 Å². The number of nitrogens with one attached hydrogen (secondary N) is 1. The van der Waals surface area contributed by atoms with E-state index in [1.165, 1.54) is 5.19 Å². The van der Waals surface area contributed by atoms with Crippen molar-refractivity contribution in [3.05, 3.63) is 30.3 Å². The summed E-state index contributed by atoms with van der Waals surface area (Å²) in [6.07, 6.45) is 0. The standard InChI is InChI=1S/C8H12ClNSi/c1-2-10-11(9)8-6-4-3-5-7-8/h3-7,10-11H,2H2,1H3. The van der Waals surface area contributed by atoms with Gasteiger partial charge < -0.3 is 4.98 Å². The third-order valence-electron chi connectivity index (χ3n) is 1.48. The van der Waals surface area contributed by atoms with Gasteiger partial charge in [0.15, 0.2) is 0 Å². The van der Waals surface area contributed by atoms with Crippen LogP contribution < -0.4 is 10.2 Å². The molecule has 1 aromatic carbocycles. The summed E-state index contributed by atoms with van der Waals surface area (Å²) in [7, 11) is -1.34. The van der Waals surface area contributed by atoms with Gasteiger partial charge in [0.1, 0.15) is 0 Å². The molecule has 11 heavy (non-hydrogen) atoms. The van der Waals surface area contributed by atoms with Crippen LogP contribution in [0.25, 0.3) is 0 Å². The lowest BCUT2D eigenvalue weighted by atomic mass is 10.4. The minimum atomic E-state index is -1.34. The lowest BCUT2D eigenvalue weighted by molar-refractivity contribution is 1.01. The molecule has 0 aliphatic carbocycles. The smallest absolute Gasteiger partial charge is 0.242 e. The molecule has 1 nitrogen and oxygen atoms in total. The van der Waals surface area contributed by atoms with E-state index in [2.05, 4.69) is 24.0 Å². The first-order valence-electron chi connectivity index (χ1n) is 3.77. The van der Waals surface area contributed by atoms with Crippen LogP contribution in [-0.2, 0) is 0 Å². The molecule has 0 saturated heterocycles. The normalized spacial score (nSPS) is 12.9. The minimum absolute atomic E-state index is 0.954. The number of benzene rings is 1. The Kier molecular flexibility index (Phi) is 3.63. The molecular formula is C8H12ClNSi. The van der Waals surface area contributed by atoms with E-state index >= 15 is 0 Å². The van der Waals surface area contributed by atoms with E-state index in [0.717, 1.165) is 6.54 Å². The zero-order valence-corrected chi connectivity index (χ0v) is 8.46. The van der Waals surface area contributed by atoms with Crippen LogP contribution in [-0.4, -0.2) is 14.8 Å². The van der Waals surface area contributed by atoms with E-state index in [-0.39, 0.29) is 0 Å². The molecule has 0 aliphatic heterocycles. The number of hydrogen-bond acceptors (Lipinski definition) is 1. The molecule has 1 N–H and O–H groups in total. The Morgan fingerprint density at radius 2 is 2.00 bits per heavy atom. The number of rotatable bonds is 3. The van der Waals surface area contributed by atoms with Gasteiger partial charge in [0, 0.05) is 0 Å². The van der Waals surface area contributed by atoms with Gasteiger partial charge in [-0.1, -0.05) is 37.3 Å². The highest BCUT2D eigenvalue weighted by molar-refractivity contribution is 7.12. The van der Waals surface area contributed by atoms with Crippen molar-refractivity contribution in [3.8, 4) is 0 Å². The predicted octanol–water partition coefficient (Wildman–Crippen LogP) is 0.962. The second kappa shape index (κ2) is 4.54. The first-order valence-corrected chi connectivity index (χ1v) is 6.67. The second-order valence-corrected chi connectivity index (χ2v) is 5.44. The van der Waals surface area contributed by atoms with Crippen LogP contribution in [0.2, 0.25) is 0 Å². The van der Waals surface area contributed by atoms with Crippen LogP contribution in [0, 0.1) is 0 Å². The maximum Gasteiger partial charge on any atom is 0.242 e. The van der Waals surface area contributed by atoms with Gasteiger partial charge in [0.2, 0.25) is 8.27 Å². The monoisotopic (exact) mass is 185 g/mol. The average molecular weight is 186 g/mol. The van der Waals surface area contributed by atoms with E-state index in [1.54, 1.807) is 0 Å². The number of hydrogen-bond donors (Lipinski definition) is 1. The molecular weight excluding hydrogens is 174 g/mol. The average Bonchev–Trinajstić information content (AvgIpc) is 2.07. The third kappa shape index (κ3) is 2.65. The first kappa shape index (κ1) is 8.78. The van der Waals surface area contributed by atoms with Gasteiger partial charge in [-0.05, 0) is 11.7 Å². The zero-order chi connectivity index (χ0) is 8.10. The molecule has 0 bridgehead atoms. The van der Waals surface area contributed by atoms with Crippen LogP contribution in [0.3, 0.4) is 0 Å². The van der Waals surface area contributed by atoms with E-state index in [1.807, 2.05) is 18.2 Å². The predicted molar refractivity (Wildman–Crippen MR) is 52.8 cm³/mol. The fourth-order valence-corrected chi connectivity index (χ4v) is 2.97. The molecule has 0 fully saturated rings. The van der Waals surface area contributed by atoms with E-state index in [4.69, 9.17) is 11.1 Å². The van der Waals surface area contributed by atoms with Gasteiger partial charge in [-0.25, -0.2) is 0 Å². The summed E-state index contributed by atoms with van der Waals surface area (Å²) in [6.45, 7) is 3.03. The van der Waals surface area contributed by atoms with Crippen molar-refractivity contribution < 1.29 is 0 Å². The Bertz CT molecular complexity index is 203. The molecule has 0 spiro atoms. The Labute approximate surface area is 73.8 Å². The number of halogens is 1. The lowest BCUT2D eigenvalue weighted by Gasteiger charge is -2.06. The summed E-state index contributed by atoms with van der Waals surface area (Å²) in [5, 5.41) is 1.26. The van der Waals surface area contributed by atoms with E-state index < -0.39 is 8.27 Å². The van der Waals surface area contributed by atoms with Gasteiger partial charge in [0.25, 0.3) is 0 Å². The second-order valence-electron chi connectivity index (χ2n) is 2.33. The molecule has 60 valence electrons. The SMILES string of the molecule is CCN[SiH](Cl)c1ccccc1. The van der Waals surface area contributed by atoms with Gasteiger partial charge in [-0.15, -0.1) is 11.1 Å². The summed E-state index contributed by atoms with van der Waals surface area (Å²) in [4.78, 5) is 3.27. The van der Waals surface area contributed by atoms with Crippen LogP contribution in [0.1, 0.15) is 6.92 Å². The molecule has 1 aromatic rings. The Balaban J connectivity index is 2.61. The van der Waals surface area contributed by atoms with Crippen molar-refractivity contribution in [1.82, 2.24) is 4.98 Å². The van der Waals surface area contributed by atoms with Crippen molar-refractivity contribution in [3.63, 3.8) is 0 Å². The quantitative estimate of drug-likeness (QED) is 0.547. The van der Waals surface area contributed by atoms with Crippen molar-refractivity contribution in [2.24, 2.45) is 0 Å².